The molecule has 0 saturated heterocycles. The first-order valence-corrected chi connectivity index (χ1v) is 8.97. The first kappa shape index (κ1) is 15.8. The van der Waals surface area contributed by atoms with Gasteiger partial charge >= 0.3 is 0 Å². The van der Waals surface area contributed by atoms with Crippen molar-refractivity contribution in [3.05, 3.63) is 34.1 Å². The van der Waals surface area contributed by atoms with Gasteiger partial charge in [-0.05, 0) is 65.6 Å². The van der Waals surface area contributed by atoms with Crippen molar-refractivity contribution in [3.63, 3.8) is 0 Å². The Morgan fingerprint density at radius 2 is 2.21 bits per heavy atom. The molecule has 7 heteroatoms. The van der Waals surface area contributed by atoms with E-state index in [0.717, 1.165) is 48.3 Å². The van der Waals surface area contributed by atoms with Crippen molar-refractivity contribution in [1.82, 2.24) is 25.5 Å². The Morgan fingerprint density at radius 1 is 1.33 bits per heavy atom. The number of aromatic nitrogens is 4. The van der Waals surface area contributed by atoms with E-state index in [0.29, 0.717) is 6.54 Å². The van der Waals surface area contributed by atoms with Gasteiger partial charge in [-0.3, -0.25) is 0 Å². The fourth-order valence-electron chi connectivity index (χ4n) is 3.46. The van der Waals surface area contributed by atoms with Crippen molar-refractivity contribution in [2.45, 2.75) is 51.2 Å². The molecule has 1 N–H and O–H groups in total. The van der Waals surface area contributed by atoms with Crippen LogP contribution in [0.2, 0.25) is 5.02 Å². The number of hydrogen-bond donors (Lipinski definition) is 1. The number of aryl methyl sites for hydroxylation is 1. The average Bonchev–Trinajstić information content (AvgIpc) is 3.30. The van der Waals surface area contributed by atoms with Crippen LogP contribution in [0.25, 0.3) is 0 Å². The second kappa shape index (κ2) is 6.69. The molecule has 0 aliphatic heterocycles. The van der Waals surface area contributed by atoms with E-state index in [-0.39, 0.29) is 6.04 Å². The molecule has 1 saturated carbocycles. The highest BCUT2D eigenvalue weighted by Crippen LogP contribution is 2.40. The molecule has 128 valence electrons. The van der Waals surface area contributed by atoms with Crippen molar-refractivity contribution < 1.29 is 4.74 Å². The number of nitrogens with one attached hydrogen (secondary N) is 1. The highest BCUT2D eigenvalue weighted by atomic mass is 35.5. The Balaban J connectivity index is 1.51. The zero-order valence-electron chi connectivity index (χ0n) is 13.8. The van der Waals surface area contributed by atoms with Gasteiger partial charge in [-0.1, -0.05) is 17.7 Å². The van der Waals surface area contributed by atoms with E-state index < -0.39 is 0 Å². The number of fused-ring (bicyclic) bond motifs is 1. The van der Waals surface area contributed by atoms with Crippen molar-refractivity contribution in [2.75, 3.05) is 7.11 Å². The Kier molecular flexibility index (Phi) is 4.41. The Morgan fingerprint density at radius 3 is 3.00 bits per heavy atom. The Hall–Kier alpha value is -1.66. The molecular weight excluding hydrogens is 326 g/mol. The number of halogens is 1. The third-order valence-electron chi connectivity index (χ3n) is 4.98. The quantitative estimate of drug-likeness (QED) is 0.870. The number of methoxy groups -OCH3 is 1. The topological polar surface area (TPSA) is 64.9 Å². The Bertz CT molecular complexity index is 728. The van der Waals surface area contributed by atoms with Crippen molar-refractivity contribution in [1.29, 1.82) is 0 Å². The van der Waals surface area contributed by atoms with Gasteiger partial charge in [0, 0.05) is 12.6 Å². The minimum absolute atomic E-state index is 0.211. The summed E-state index contributed by atoms with van der Waals surface area (Å²) in [5.74, 6) is 2.39. The van der Waals surface area contributed by atoms with Crippen LogP contribution in [0.1, 0.15) is 48.7 Å². The lowest BCUT2D eigenvalue weighted by Gasteiger charge is -2.28. The molecule has 0 spiro atoms. The summed E-state index contributed by atoms with van der Waals surface area (Å²) < 4.78 is 7.32. The van der Waals surface area contributed by atoms with E-state index in [1.54, 1.807) is 7.11 Å². The van der Waals surface area contributed by atoms with E-state index >= 15 is 0 Å². The molecule has 0 bridgehead atoms. The minimum atomic E-state index is 0.211. The maximum atomic E-state index is 6.58. The van der Waals surface area contributed by atoms with Gasteiger partial charge < -0.3 is 10.1 Å². The molecule has 2 aliphatic carbocycles. The number of rotatable bonds is 6. The number of nitrogens with zero attached hydrogens (tertiary/aromatic N) is 4. The van der Waals surface area contributed by atoms with Crippen LogP contribution in [0.3, 0.4) is 0 Å². The summed E-state index contributed by atoms with van der Waals surface area (Å²) in [6.07, 6.45) is 5.86. The maximum Gasteiger partial charge on any atom is 0.165 e. The van der Waals surface area contributed by atoms with Crippen molar-refractivity contribution in [2.24, 2.45) is 5.92 Å². The van der Waals surface area contributed by atoms with Gasteiger partial charge in [0.25, 0.3) is 0 Å². The lowest BCUT2D eigenvalue weighted by molar-refractivity contribution is 0.406. The molecule has 1 atom stereocenters. The monoisotopic (exact) mass is 347 g/mol. The van der Waals surface area contributed by atoms with Crippen molar-refractivity contribution in [3.8, 4) is 5.75 Å². The standard InChI is InChI=1S/C17H22ClN5O/c1-24-14-8-7-12-3-2-4-13(16(12)17(14)18)19-9-15-20-21-22-23(15)10-11-5-6-11/h7-8,11,13,19H,2-6,9-10H2,1H3. The molecule has 2 aromatic rings. The van der Waals surface area contributed by atoms with Crippen LogP contribution >= 0.6 is 11.6 Å². The normalized spacial score (nSPS) is 20.0. The van der Waals surface area contributed by atoms with Gasteiger partial charge in [0.2, 0.25) is 0 Å². The molecule has 2 aliphatic rings. The highest BCUT2D eigenvalue weighted by molar-refractivity contribution is 6.33. The third-order valence-corrected chi connectivity index (χ3v) is 5.37. The number of hydrogen-bond acceptors (Lipinski definition) is 5. The third kappa shape index (κ3) is 3.13. The first-order valence-electron chi connectivity index (χ1n) is 8.60. The molecule has 1 aromatic carbocycles. The molecule has 1 heterocycles. The molecule has 1 fully saturated rings. The summed E-state index contributed by atoms with van der Waals surface area (Å²) in [5, 5.41) is 16.5. The van der Waals surface area contributed by atoms with Crippen LogP contribution in [-0.2, 0) is 19.5 Å². The molecule has 0 amide bonds. The minimum Gasteiger partial charge on any atom is -0.495 e. The van der Waals surface area contributed by atoms with Crippen molar-refractivity contribution >= 4 is 11.6 Å². The number of benzene rings is 1. The van der Waals surface area contributed by atoms with Crippen LogP contribution < -0.4 is 10.1 Å². The van der Waals surface area contributed by atoms with Crippen LogP contribution in [0.4, 0.5) is 0 Å². The second-order valence-corrected chi connectivity index (χ2v) is 7.08. The zero-order valence-corrected chi connectivity index (χ0v) is 14.6. The summed E-state index contributed by atoms with van der Waals surface area (Å²) in [7, 11) is 1.66. The predicted molar refractivity (Wildman–Crippen MR) is 91.1 cm³/mol. The van der Waals surface area contributed by atoms with Crippen LogP contribution in [-0.4, -0.2) is 27.3 Å². The van der Waals surface area contributed by atoms with Gasteiger partial charge in [-0.15, -0.1) is 5.10 Å². The fourth-order valence-corrected chi connectivity index (χ4v) is 3.85. The zero-order chi connectivity index (χ0) is 16.5. The van der Waals surface area contributed by atoms with E-state index in [9.17, 15) is 0 Å². The molecule has 0 radical (unpaired) electrons. The van der Waals surface area contributed by atoms with E-state index in [1.807, 2.05) is 10.7 Å². The highest BCUT2D eigenvalue weighted by Gasteiger charge is 2.26. The van der Waals surface area contributed by atoms with Crippen LogP contribution in [0.5, 0.6) is 5.75 Å². The summed E-state index contributed by atoms with van der Waals surface area (Å²) in [6.45, 7) is 1.58. The van der Waals surface area contributed by atoms with Gasteiger partial charge in [0.15, 0.2) is 5.82 Å². The fraction of sp³-hybridized carbons (Fsp3) is 0.588. The van der Waals surface area contributed by atoms with Gasteiger partial charge in [0.1, 0.15) is 5.75 Å². The first-order chi connectivity index (χ1) is 11.8. The van der Waals surface area contributed by atoms with E-state index in [2.05, 4.69) is 26.9 Å². The second-order valence-electron chi connectivity index (χ2n) is 6.70. The number of ether oxygens (including phenoxy) is 1. The van der Waals surface area contributed by atoms with E-state index in [1.165, 1.54) is 24.0 Å². The van der Waals surface area contributed by atoms with E-state index in [4.69, 9.17) is 16.3 Å². The molecular formula is C17H22ClN5O. The summed E-state index contributed by atoms with van der Waals surface area (Å²) >= 11 is 6.58. The molecule has 6 nitrogen and oxygen atoms in total. The van der Waals surface area contributed by atoms with Gasteiger partial charge in [-0.2, -0.15) is 0 Å². The largest absolute Gasteiger partial charge is 0.495 e. The van der Waals surface area contributed by atoms with Crippen LogP contribution in [0.15, 0.2) is 12.1 Å². The smallest absolute Gasteiger partial charge is 0.165 e. The molecule has 1 unspecified atom stereocenters. The Labute approximate surface area is 146 Å². The van der Waals surface area contributed by atoms with Gasteiger partial charge in [-0.25, -0.2) is 4.68 Å². The molecule has 1 aromatic heterocycles. The summed E-state index contributed by atoms with van der Waals surface area (Å²) in [5.41, 5.74) is 2.48. The SMILES string of the molecule is COc1ccc2c(c1Cl)C(NCc1nnnn1CC1CC1)CCC2. The molecule has 4 rings (SSSR count). The van der Waals surface area contributed by atoms with Crippen LogP contribution in [0, 0.1) is 5.92 Å². The van der Waals surface area contributed by atoms with Gasteiger partial charge in [0.05, 0.1) is 18.7 Å². The summed E-state index contributed by atoms with van der Waals surface area (Å²) in [6, 6.07) is 4.30. The number of tetrazole rings is 1. The summed E-state index contributed by atoms with van der Waals surface area (Å²) in [4.78, 5) is 0. The molecule has 24 heavy (non-hydrogen) atoms. The average molecular weight is 348 g/mol. The lowest BCUT2D eigenvalue weighted by Crippen LogP contribution is -2.27. The maximum absolute atomic E-state index is 6.58. The lowest BCUT2D eigenvalue weighted by atomic mass is 9.87. The predicted octanol–water partition coefficient (Wildman–Crippen LogP) is 2.91.